The smallest absolute Gasteiger partial charge is 0.243 e. The van der Waals surface area contributed by atoms with Crippen LogP contribution in [0.15, 0.2) is 17.0 Å². The van der Waals surface area contributed by atoms with Crippen LogP contribution in [0.3, 0.4) is 0 Å². The van der Waals surface area contributed by atoms with Crippen LogP contribution in [0, 0.1) is 19.8 Å². The number of carbonyl (C=O) groups excluding carboxylic acids is 1. The Balaban J connectivity index is 1.75. The zero-order valence-corrected chi connectivity index (χ0v) is 17.0. The summed E-state index contributed by atoms with van der Waals surface area (Å²) in [5, 5.41) is 3.67. The second-order valence-electron chi connectivity index (χ2n) is 7.56. The molecule has 0 spiro atoms. The number of rotatable bonds is 4. The Labute approximate surface area is 161 Å². The number of hydrogen-bond acceptors (Lipinski definition) is 3. The lowest BCUT2D eigenvalue weighted by atomic mass is 9.98. The third-order valence-electron chi connectivity index (χ3n) is 5.53. The van der Waals surface area contributed by atoms with Gasteiger partial charge in [0, 0.05) is 24.2 Å². The molecule has 1 saturated heterocycles. The standard InChI is InChI=1S/C19H27ClN2O3S/c1-13-11-18(14(2)10-17(13)20)26(24,25)22-9-5-6-15(12-22)19(23)21-16-7-3-4-8-16/h10-11,15-16H,3-9,12H2,1-2H3,(H,21,23). The van der Waals surface area contributed by atoms with E-state index in [1.165, 1.54) is 4.31 Å². The van der Waals surface area contributed by atoms with E-state index in [1.807, 2.05) is 0 Å². The number of aryl methyl sites for hydroxylation is 2. The van der Waals surface area contributed by atoms with Crippen molar-refractivity contribution in [3.63, 3.8) is 0 Å². The van der Waals surface area contributed by atoms with E-state index in [0.717, 1.165) is 37.7 Å². The van der Waals surface area contributed by atoms with Gasteiger partial charge in [0.05, 0.1) is 10.8 Å². The highest BCUT2D eigenvalue weighted by molar-refractivity contribution is 7.89. The van der Waals surface area contributed by atoms with Crippen molar-refractivity contribution in [1.82, 2.24) is 9.62 Å². The average molecular weight is 399 g/mol. The van der Waals surface area contributed by atoms with Crippen LogP contribution in [0.2, 0.25) is 5.02 Å². The number of halogens is 1. The number of carbonyl (C=O) groups is 1. The maximum absolute atomic E-state index is 13.1. The molecule has 1 aliphatic carbocycles. The number of nitrogens with one attached hydrogen (secondary N) is 1. The van der Waals surface area contributed by atoms with E-state index in [1.54, 1.807) is 26.0 Å². The van der Waals surface area contributed by atoms with Gasteiger partial charge in [-0.1, -0.05) is 24.4 Å². The number of sulfonamides is 1. The SMILES string of the molecule is Cc1cc(S(=O)(=O)N2CCCC(C(=O)NC3CCCC3)C2)c(C)cc1Cl. The Hall–Kier alpha value is -1.11. The van der Waals surface area contributed by atoms with Gasteiger partial charge in [-0.05, 0) is 62.8 Å². The fourth-order valence-corrected chi connectivity index (χ4v) is 5.97. The van der Waals surface area contributed by atoms with Crippen molar-refractivity contribution < 1.29 is 13.2 Å². The van der Waals surface area contributed by atoms with Crippen LogP contribution in [0.25, 0.3) is 0 Å². The molecule has 5 nitrogen and oxygen atoms in total. The molecule has 2 fully saturated rings. The zero-order valence-electron chi connectivity index (χ0n) is 15.4. The minimum Gasteiger partial charge on any atom is -0.353 e. The first-order chi connectivity index (χ1) is 12.3. The molecule has 1 unspecified atom stereocenters. The van der Waals surface area contributed by atoms with Gasteiger partial charge < -0.3 is 5.32 Å². The fourth-order valence-electron chi connectivity index (χ4n) is 3.94. The number of benzene rings is 1. The molecule has 3 rings (SSSR count). The molecular weight excluding hydrogens is 372 g/mol. The molecule has 1 atom stereocenters. The number of nitrogens with zero attached hydrogens (tertiary/aromatic N) is 1. The third kappa shape index (κ3) is 4.07. The van der Waals surface area contributed by atoms with Crippen molar-refractivity contribution in [3.8, 4) is 0 Å². The summed E-state index contributed by atoms with van der Waals surface area (Å²) in [7, 11) is -3.63. The molecule has 1 heterocycles. The summed E-state index contributed by atoms with van der Waals surface area (Å²) in [6.07, 6.45) is 5.82. The Kier molecular flexibility index (Phi) is 5.94. The van der Waals surface area contributed by atoms with Crippen molar-refractivity contribution in [2.45, 2.75) is 63.3 Å². The zero-order chi connectivity index (χ0) is 18.9. The van der Waals surface area contributed by atoms with Crippen LogP contribution in [0.1, 0.15) is 49.7 Å². The third-order valence-corrected chi connectivity index (χ3v) is 7.94. The van der Waals surface area contributed by atoms with Gasteiger partial charge in [-0.2, -0.15) is 4.31 Å². The topological polar surface area (TPSA) is 66.5 Å². The molecule has 26 heavy (non-hydrogen) atoms. The van der Waals surface area contributed by atoms with Crippen molar-refractivity contribution in [2.24, 2.45) is 5.92 Å². The summed E-state index contributed by atoms with van der Waals surface area (Å²) < 4.78 is 27.7. The Morgan fingerprint density at radius 3 is 2.50 bits per heavy atom. The normalized spacial score (nSPS) is 22.5. The molecule has 1 N–H and O–H groups in total. The quantitative estimate of drug-likeness (QED) is 0.845. The highest BCUT2D eigenvalue weighted by atomic mass is 35.5. The van der Waals surface area contributed by atoms with E-state index in [4.69, 9.17) is 11.6 Å². The van der Waals surface area contributed by atoms with Gasteiger partial charge in [-0.3, -0.25) is 4.79 Å². The van der Waals surface area contributed by atoms with E-state index in [-0.39, 0.29) is 29.3 Å². The molecule has 1 saturated carbocycles. The molecule has 1 aliphatic heterocycles. The Morgan fingerprint density at radius 2 is 1.81 bits per heavy atom. The lowest BCUT2D eigenvalue weighted by molar-refractivity contribution is -0.126. The summed E-state index contributed by atoms with van der Waals surface area (Å²) in [4.78, 5) is 12.9. The highest BCUT2D eigenvalue weighted by Crippen LogP contribution is 2.29. The number of hydrogen-bond donors (Lipinski definition) is 1. The highest BCUT2D eigenvalue weighted by Gasteiger charge is 2.35. The molecule has 2 aliphatic rings. The predicted molar refractivity (Wildman–Crippen MR) is 103 cm³/mol. The molecule has 0 bridgehead atoms. The van der Waals surface area contributed by atoms with Crippen molar-refractivity contribution >= 4 is 27.5 Å². The van der Waals surface area contributed by atoms with Crippen LogP contribution >= 0.6 is 11.6 Å². The lowest BCUT2D eigenvalue weighted by Crippen LogP contribution is -2.47. The van der Waals surface area contributed by atoms with Crippen LogP contribution in [-0.2, 0) is 14.8 Å². The van der Waals surface area contributed by atoms with E-state index in [2.05, 4.69) is 5.32 Å². The minimum absolute atomic E-state index is 0.000749. The van der Waals surface area contributed by atoms with Crippen LogP contribution in [-0.4, -0.2) is 37.8 Å². The maximum atomic E-state index is 13.1. The first-order valence-corrected chi connectivity index (χ1v) is 11.2. The van der Waals surface area contributed by atoms with E-state index in [0.29, 0.717) is 23.6 Å². The molecular formula is C19H27ClN2O3S. The summed E-state index contributed by atoms with van der Waals surface area (Å²) >= 11 is 6.11. The summed E-state index contributed by atoms with van der Waals surface area (Å²) in [6.45, 7) is 4.26. The lowest BCUT2D eigenvalue weighted by Gasteiger charge is -2.32. The first-order valence-electron chi connectivity index (χ1n) is 9.36. The Morgan fingerprint density at radius 1 is 1.12 bits per heavy atom. The minimum atomic E-state index is -3.63. The van der Waals surface area contributed by atoms with Gasteiger partial charge in [0.1, 0.15) is 0 Å². The molecule has 7 heteroatoms. The number of piperidine rings is 1. The van der Waals surface area contributed by atoms with Crippen molar-refractivity contribution in [2.75, 3.05) is 13.1 Å². The fraction of sp³-hybridized carbons (Fsp3) is 0.632. The van der Waals surface area contributed by atoms with Crippen LogP contribution in [0.5, 0.6) is 0 Å². The Bertz CT molecular complexity index is 788. The molecule has 144 valence electrons. The predicted octanol–water partition coefficient (Wildman–Crippen LogP) is 3.42. The molecule has 1 aromatic rings. The van der Waals surface area contributed by atoms with Gasteiger partial charge in [0.2, 0.25) is 15.9 Å². The monoisotopic (exact) mass is 398 g/mol. The number of amides is 1. The van der Waals surface area contributed by atoms with E-state index in [9.17, 15) is 13.2 Å². The molecule has 1 aromatic carbocycles. The summed E-state index contributed by atoms with van der Waals surface area (Å²) in [6, 6.07) is 3.59. The van der Waals surface area contributed by atoms with Gasteiger partial charge in [0.25, 0.3) is 0 Å². The van der Waals surface area contributed by atoms with E-state index < -0.39 is 10.0 Å². The van der Waals surface area contributed by atoms with Crippen molar-refractivity contribution in [1.29, 1.82) is 0 Å². The first kappa shape index (κ1) is 19.6. The maximum Gasteiger partial charge on any atom is 0.243 e. The van der Waals surface area contributed by atoms with Gasteiger partial charge >= 0.3 is 0 Å². The molecule has 0 aromatic heterocycles. The van der Waals surface area contributed by atoms with Crippen molar-refractivity contribution in [3.05, 3.63) is 28.3 Å². The van der Waals surface area contributed by atoms with Gasteiger partial charge in [0.15, 0.2) is 0 Å². The van der Waals surface area contributed by atoms with Gasteiger partial charge in [-0.25, -0.2) is 8.42 Å². The molecule has 1 amide bonds. The van der Waals surface area contributed by atoms with Gasteiger partial charge in [-0.15, -0.1) is 0 Å². The van der Waals surface area contributed by atoms with Crippen LogP contribution < -0.4 is 5.32 Å². The summed E-state index contributed by atoms with van der Waals surface area (Å²) in [5.74, 6) is -0.270. The second-order valence-corrected chi connectivity index (χ2v) is 9.87. The largest absolute Gasteiger partial charge is 0.353 e. The molecule has 0 radical (unpaired) electrons. The van der Waals surface area contributed by atoms with E-state index >= 15 is 0 Å². The second kappa shape index (κ2) is 7.87. The van der Waals surface area contributed by atoms with Crippen LogP contribution in [0.4, 0.5) is 0 Å². The summed E-state index contributed by atoms with van der Waals surface area (Å²) in [5.41, 5.74) is 1.38. The average Bonchev–Trinajstić information content (AvgIpc) is 3.11.